The van der Waals surface area contributed by atoms with E-state index < -0.39 is 11.7 Å². The van der Waals surface area contributed by atoms with Crippen molar-refractivity contribution < 1.29 is 18.0 Å². The number of nitrogens with two attached hydrogens (primary N) is 1. The zero-order valence-electron chi connectivity index (χ0n) is 21.8. The fraction of sp³-hybridized carbons (Fsp3) is 0.300. The van der Waals surface area contributed by atoms with Crippen molar-refractivity contribution in [2.75, 3.05) is 18.5 Å². The number of nitrogens with one attached hydrogen (secondary N) is 1. The molecule has 0 bridgehead atoms. The highest BCUT2D eigenvalue weighted by Crippen LogP contribution is 2.36. The number of alkyl halides is 3. The van der Waals surface area contributed by atoms with E-state index in [0.29, 0.717) is 42.5 Å². The molecule has 3 heterocycles. The lowest BCUT2D eigenvalue weighted by Gasteiger charge is -2.18. The molecule has 1 saturated carbocycles. The highest BCUT2D eigenvalue weighted by atomic mass is 19.4. The summed E-state index contributed by atoms with van der Waals surface area (Å²) in [6, 6.07) is 15.0. The minimum Gasteiger partial charge on any atom is -0.342 e. The molecular formula is C30H29F3N6O. The Morgan fingerprint density at radius 1 is 1.05 bits per heavy atom. The molecule has 2 aliphatic rings. The first-order valence-corrected chi connectivity index (χ1v) is 13.3. The van der Waals surface area contributed by atoms with E-state index in [0.717, 1.165) is 48.1 Å². The number of likely N-dealkylation sites (tertiary alicyclic amines) is 1. The number of imidazole rings is 1. The second-order valence-corrected chi connectivity index (χ2v) is 10.5. The van der Waals surface area contributed by atoms with E-state index in [9.17, 15) is 18.0 Å². The number of nitrogen functional groups attached to an aromatic ring is 1. The molecule has 2 fully saturated rings. The van der Waals surface area contributed by atoms with Crippen molar-refractivity contribution in [3.8, 4) is 22.6 Å². The summed E-state index contributed by atoms with van der Waals surface area (Å²) in [6.07, 6.45) is -0.0197. The van der Waals surface area contributed by atoms with Gasteiger partial charge >= 0.3 is 6.18 Å². The SMILES string of the molecule is C=Cc1ccc(-c2ccc(-c3nc4cc(C(F)(F)F)ccc4n3C[C@@H]3CCN(C(=O)C4CC4)C3)cc2)nc1NN. The molecule has 1 atom stereocenters. The second kappa shape index (κ2) is 10.1. The molecule has 7 nitrogen and oxygen atoms in total. The topological polar surface area (TPSA) is 89.1 Å². The van der Waals surface area contributed by atoms with E-state index in [1.807, 2.05) is 45.9 Å². The van der Waals surface area contributed by atoms with Crippen LogP contribution in [0.3, 0.4) is 0 Å². The standard InChI is InChI=1S/C30H29F3N6O/c1-2-19-9-11-24(35-27(19)37-34)20-3-5-21(6-4-20)28-36-25-15-23(30(31,32)33)10-12-26(25)39(28)17-18-13-14-38(16-18)29(40)22-7-8-22/h2-6,9-12,15,18,22H,1,7-8,13-14,16-17,34H2,(H,35,37)/t18-/m1/s1. The van der Waals surface area contributed by atoms with Gasteiger partial charge < -0.3 is 14.9 Å². The molecule has 0 unspecified atom stereocenters. The number of aromatic nitrogens is 3. The number of fused-ring (bicyclic) bond motifs is 1. The zero-order valence-corrected chi connectivity index (χ0v) is 21.8. The fourth-order valence-electron chi connectivity index (χ4n) is 5.44. The van der Waals surface area contributed by atoms with Gasteiger partial charge in [0.25, 0.3) is 0 Å². The molecule has 6 rings (SSSR count). The average Bonchev–Trinajstić information content (AvgIpc) is 3.61. The van der Waals surface area contributed by atoms with Crippen molar-refractivity contribution >= 4 is 28.8 Å². The number of benzene rings is 2. The molecule has 3 N–H and O–H groups in total. The van der Waals surface area contributed by atoms with Gasteiger partial charge in [0, 0.05) is 42.2 Å². The van der Waals surface area contributed by atoms with Crippen molar-refractivity contribution in [1.82, 2.24) is 19.4 Å². The van der Waals surface area contributed by atoms with Gasteiger partial charge in [0.15, 0.2) is 0 Å². The summed E-state index contributed by atoms with van der Waals surface area (Å²) in [6.45, 7) is 5.69. The highest BCUT2D eigenvalue weighted by Gasteiger charge is 2.37. The molecule has 10 heteroatoms. The van der Waals surface area contributed by atoms with Gasteiger partial charge in [0.05, 0.1) is 22.3 Å². The molecule has 206 valence electrons. The lowest BCUT2D eigenvalue weighted by Crippen LogP contribution is -2.30. The summed E-state index contributed by atoms with van der Waals surface area (Å²) in [7, 11) is 0. The fourth-order valence-corrected chi connectivity index (χ4v) is 5.44. The number of halogens is 3. The van der Waals surface area contributed by atoms with Crippen molar-refractivity contribution in [3.05, 3.63) is 72.3 Å². The lowest BCUT2D eigenvalue weighted by atomic mass is 10.1. The largest absolute Gasteiger partial charge is 0.416 e. The minimum absolute atomic E-state index is 0.168. The Hall–Kier alpha value is -4.18. The molecule has 0 spiro atoms. The van der Waals surface area contributed by atoms with Gasteiger partial charge in [-0.1, -0.05) is 36.9 Å². The van der Waals surface area contributed by atoms with Crippen LogP contribution in [0.2, 0.25) is 0 Å². The van der Waals surface area contributed by atoms with Gasteiger partial charge in [-0.2, -0.15) is 13.2 Å². The maximum atomic E-state index is 13.5. The van der Waals surface area contributed by atoms with Crippen LogP contribution < -0.4 is 11.3 Å². The molecule has 1 saturated heterocycles. The van der Waals surface area contributed by atoms with Crippen molar-refractivity contribution in [2.24, 2.45) is 17.7 Å². The van der Waals surface area contributed by atoms with E-state index in [2.05, 4.69) is 22.0 Å². The van der Waals surface area contributed by atoms with Crippen LogP contribution in [0.15, 0.2) is 61.2 Å². The maximum Gasteiger partial charge on any atom is 0.416 e. The number of pyridine rings is 1. The number of carbonyl (C=O) groups is 1. The third-order valence-corrected chi connectivity index (χ3v) is 7.76. The predicted molar refractivity (Wildman–Crippen MR) is 149 cm³/mol. The Balaban J connectivity index is 1.35. The molecule has 1 aliphatic carbocycles. The van der Waals surface area contributed by atoms with E-state index in [1.165, 1.54) is 6.07 Å². The van der Waals surface area contributed by atoms with Crippen LogP contribution in [0.1, 0.15) is 30.4 Å². The Morgan fingerprint density at radius 3 is 2.48 bits per heavy atom. The van der Waals surface area contributed by atoms with E-state index in [4.69, 9.17) is 5.84 Å². The average molecular weight is 547 g/mol. The third-order valence-electron chi connectivity index (χ3n) is 7.76. The van der Waals surface area contributed by atoms with Crippen LogP contribution in [0.25, 0.3) is 39.8 Å². The lowest BCUT2D eigenvalue weighted by molar-refractivity contribution is -0.137. The Morgan fingerprint density at radius 2 is 1.80 bits per heavy atom. The van der Waals surface area contributed by atoms with Gasteiger partial charge in [-0.05, 0) is 55.5 Å². The van der Waals surface area contributed by atoms with Gasteiger partial charge in [-0.3, -0.25) is 4.79 Å². The molecule has 1 aliphatic heterocycles. The molecule has 2 aromatic carbocycles. The number of rotatable bonds is 7. The number of anilines is 1. The van der Waals surface area contributed by atoms with Gasteiger partial charge in [-0.25, -0.2) is 15.8 Å². The zero-order chi connectivity index (χ0) is 28.0. The number of hydrogen-bond donors (Lipinski definition) is 2. The third kappa shape index (κ3) is 4.95. The quantitative estimate of drug-likeness (QED) is 0.220. The number of carbonyl (C=O) groups excluding carboxylic acids is 1. The van der Waals surface area contributed by atoms with E-state index >= 15 is 0 Å². The number of hydrogen-bond acceptors (Lipinski definition) is 5. The summed E-state index contributed by atoms with van der Waals surface area (Å²) in [4.78, 5) is 23.8. The van der Waals surface area contributed by atoms with Gasteiger partial charge in [0.1, 0.15) is 11.6 Å². The first kappa shape index (κ1) is 26.1. The molecule has 40 heavy (non-hydrogen) atoms. The first-order chi connectivity index (χ1) is 19.2. The maximum absolute atomic E-state index is 13.5. The molecule has 2 aromatic heterocycles. The Bertz CT molecular complexity index is 1590. The molecular weight excluding hydrogens is 517 g/mol. The number of amides is 1. The summed E-state index contributed by atoms with van der Waals surface area (Å²) in [5, 5.41) is 0. The minimum atomic E-state index is -4.46. The van der Waals surface area contributed by atoms with Crippen molar-refractivity contribution in [3.63, 3.8) is 0 Å². The summed E-state index contributed by atoms with van der Waals surface area (Å²) >= 11 is 0. The molecule has 4 aromatic rings. The highest BCUT2D eigenvalue weighted by molar-refractivity contribution is 5.83. The van der Waals surface area contributed by atoms with Crippen LogP contribution in [0.5, 0.6) is 0 Å². The van der Waals surface area contributed by atoms with Gasteiger partial charge in [-0.15, -0.1) is 0 Å². The normalized spacial score (nSPS) is 17.4. The summed E-state index contributed by atoms with van der Waals surface area (Å²) < 4.78 is 42.4. The monoisotopic (exact) mass is 546 g/mol. The van der Waals surface area contributed by atoms with Crippen LogP contribution in [0.4, 0.5) is 19.0 Å². The van der Waals surface area contributed by atoms with Crippen LogP contribution in [-0.4, -0.2) is 38.4 Å². The van der Waals surface area contributed by atoms with Gasteiger partial charge in [0.2, 0.25) is 5.91 Å². The second-order valence-electron chi connectivity index (χ2n) is 10.5. The Kier molecular flexibility index (Phi) is 6.58. The predicted octanol–water partition coefficient (Wildman–Crippen LogP) is 5.97. The number of hydrazine groups is 1. The molecule has 0 radical (unpaired) electrons. The van der Waals surface area contributed by atoms with Crippen molar-refractivity contribution in [2.45, 2.75) is 32.0 Å². The van der Waals surface area contributed by atoms with E-state index in [-0.39, 0.29) is 23.3 Å². The molecule has 1 amide bonds. The van der Waals surface area contributed by atoms with Crippen LogP contribution in [-0.2, 0) is 17.5 Å². The Labute approximate surface area is 229 Å². The van der Waals surface area contributed by atoms with Crippen molar-refractivity contribution in [1.29, 1.82) is 0 Å². The number of nitrogens with zero attached hydrogens (tertiary/aromatic N) is 4. The smallest absolute Gasteiger partial charge is 0.342 e. The van der Waals surface area contributed by atoms with Crippen LogP contribution in [0, 0.1) is 11.8 Å². The summed E-state index contributed by atoms with van der Waals surface area (Å²) in [5.41, 5.74) is 5.89. The summed E-state index contributed by atoms with van der Waals surface area (Å²) in [5.74, 6) is 7.29. The first-order valence-electron chi connectivity index (χ1n) is 13.3. The van der Waals surface area contributed by atoms with Crippen LogP contribution >= 0.6 is 0 Å². The van der Waals surface area contributed by atoms with E-state index in [1.54, 1.807) is 6.08 Å².